The Morgan fingerprint density at radius 3 is 2.46 bits per heavy atom. The third-order valence-electron chi connectivity index (χ3n) is 4.83. The van der Waals surface area contributed by atoms with Gasteiger partial charge in [-0.25, -0.2) is 9.31 Å². The summed E-state index contributed by atoms with van der Waals surface area (Å²) in [6.07, 6.45) is 1.49. The summed E-state index contributed by atoms with van der Waals surface area (Å²) in [6, 6.07) is 10.4. The molecule has 0 unspecified atom stereocenters. The monoisotopic (exact) mass is 377 g/mol. The maximum atomic E-state index is 12.9. The molecule has 8 heteroatoms. The second-order valence-corrected chi connectivity index (χ2v) is 7.05. The highest BCUT2D eigenvalue weighted by Gasteiger charge is 2.26. The number of aliphatic carboxylic acids is 1. The number of aryl methyl sites for hydroxylation is 1. The number of aromatic nitrogens is 5. The average Bonchev–Trinajstić information content (AvgIpc) is 3.00. The molecule has 4 rings (SSSR count). The van der Waals surface area contributed by atoms with Gasteiger partial charge in [0, 0.05) is 6.20 Å². The number of hydrogen-bond donors (Lipinski definition) is 1. The van der Waals surface area contributed by atoms with Crippen LogP contribution in [0.3, 0.4) is 0 Å². The molecule has 0 saturated carbocycles. The van der Waals surface area contributed by atoms with Crippen molar-refractivity contribution in [2.45, 2.75) is 26.8 Å². The highest BCUT2D eigenvalue weighted by Crippen LogP contribution is 2.28. The molecule has 0 aliphatic rings. The predicted molar refractivity (Wildman–Crippen MR) is 104 cm³/mol. The summed E-state index contributed by atoms with van der Waals surface area (Å²) >= 11 is 0. The third-order valence-corrected chi connectivity index (χ3v) is 4.83. The van der Waals surface area contributed by atoms with E-state index in [2.05, 4.69) is 15.3 Å². The van der Waals surface area contributed by atoms with Crippen molar-refractivity contribution in [1.29, 1.82) is 0 Å². The molecule has 1 atom stereocenters. The minimum Gasteiger partial charge on any atom is -0.480 e. The molecule has 0 spiro atoms. The first-order valence-corrected chi connectivity index (χ1v) is 8.95. The molecule has 3 aromatic heterocycles. The van der Waals surface area contributed by atoms with Crippen LogP contribution in [0.5, 0.6) is 0 Å². The highest BCUT2D eigenvalue weighted by atomic mass is 16.4. The van der Waals surface area contributed by atoms with Crippen molar-refractivity contribution in [3.8, 4) is 11.1 Å². The quantitative estimate of drug-likeness (QED) is 0.587. The number of benzene rings is 1. The van der Waals surface area contributed by atoms with E-state index in [9.17, 15) is 14.7 Å². The van der Waals surface area contributed by atoms with Crippen LogP contribution in [0.1, 0.15) is 25.6 Å². The van der Waals surface area contributed by atoms with E-state index in [1.165, 1.54) is 10.8 Å². The second-order valence-electron chi connectivity index (χ2n) is 7.05. The van der Waals surface area contributed by atoms with Crippen LogP contribution in [-0.2, 0) is 4.79 Å². The molecular formula is C20H19N5O3. The fourth-order valence-corrected chi connectivity index (χ4v) is 3.55. The number of nitrogens with zero attached hydrogens (tertiary/aromatic N) is 5. The van der Waals surface area contributed by atoms with Crippen LogP contribution in [0.2, 0.25) is 0 Å². The molecule has 0 bridgehead atoms. The van der Waals surface area contributed by atoms with Gasteiger partial charge in [-0.05, 0) is 24.5 Å². The molecule has 0 amide bonds. The number of carboxylic acid groups (broad SMARTS) is 1. The van der Waals surface area contributed by atoms with Crippen LogP contribution in [0.4, 0.5) is 0 Å². The molecular weight excluding hydrogens is 358 g/mol. The van der Waals surface area contributed by atoms with E-state index in [0.29, 0.717) is 11.2 Å². The van der Waals surface area contributed by atoms with Crippen molar-refractivity contribution in [2.75, 3.05) is 0 Å². The summed E-state index contributed by atoms with van der Waals surface area (Å²) in [6.45, 7) is 5.39. The maximum Gasteiger partial charge on any atom is 0.327 e. The van der Waals surface area contributed by atoms with Gasteiger partial charge in [0.15, 0.2) is 11.2 Å². The Kier molecular flexibility index (Phi) is 4.18. The van der Waals surface area contributed by atoms with E-state index in [1.54, 1.807) is 24.4 Å². The SMILES string of the molecule is Cc1nn2c(nnc3c(=O)n([C@@H](C(=O)O)C(C)C)ccc32)c1-c1ccccc1. The Hall–Kier alpha value is -3.55. The van der Waals surface area contributed by atoms with Crippen molar-refractivity contribution >= 4 is 22.6 Å². The molecule has 1 aromatic carbocycles. The Morgan fingerprint density at radius 1 is 1.11 bits per heavy atom. The number of carboxylic acids is 1. The van der Waals surface area contributed by atoms with E-state index in [4.69, 9.17) is 0 Å². The number of pyridine rings is 1. The Morgan fingerprint density at radius 2 is 1.82 bits per heavy atom. The van der Waals surface area contributed by atoms with E-state index < -0.39 is 17.6 Å². The van der Waals surface area contributed by atoms with Gasteiger partial charge in [-0.1, -0.05) is 44.2 Å². The fourth-order valence-electron chi connectivity index (χ4n) is 3.55. The molecule has 0 saturated heterocycles. The lowest BCUT2D eigenvalue weighted by atomic mass is 10.0. The van der Waals surface area contributed by atoms with Crippen molar-refractivity contribution < 1.29 is 9.90 Å². The number of hydrogen-bond acceptors (Lipinski definition) is 5. The molecule has 3 heterocycles. The van der Waals surface area contributed by atoms with E-state index in [0.717, 1.165) is 16.8 Å². The topological polar surface area (TPSA) is 102 Å². The molecule has 142 valence electrons. The van der Waals surface area contributed by atoms with Crippen LogP contribution in [0, 0.1) is 12.8 Å². The minimum absolute atomic E-state index is 0.0870. The van der Waals surface area contributed by atoms with Gasteiger partial charge < -0.3 is 5.11 Å². The van der Waals surface area contributed by atoms with Crippen LogP contribution in [0.25, 0.3) is 27.8 Å². The molecule has 28 heavy (non-hydrogen) atoms. The summed E-state index contributed by atoms with van der Waals surface area (Å²) in [5.74, 6) is -1.33. The van der Waals surface area contributed by atoms with Crippen LogP contribution in [0.15, 0.2) is 47.4 Å². The number of carbonyl (C=O) groups is 1. The van der Waals surface area contributed by atoms with Gasteiger partial charge in [0.2, 0.25) is 0 Å². The lowest BCUT2D eigenvalue weighted by Gasteiger charge is -2.19. The highest BCUT2D eigenvalue weighted by molar-refractivity contribution is 5.84. The zero-order valence-corrected chi connectivity index (χ0v) is 15.7. The molecule has 0 radical (unpaired) electrons. The van der Waals surface area contributed by atoms with Gasteiger partial charge in [0.1, 0.15) is 11.6 Å². The van der Waals surface area contributed by atoms with E-state index in [-0.39, 0.29) is 11.4 Å². The standard InChI is InChI=1S/C20H19N5O3/c1-11(2)17(20(27)28)24-10-9-14-16(19(24)26)21-22-18-15(12(3)23-25(14)18)13-7-5-4-6-8-13/h4-11,17H,1-3H3,(H,27,28)/t17-/m1/s1. The summed E-state index contributed by atoms with van der Waals surface area (Å²) < 4.78 is 2.79. The number of rotatable bonds is 4. The molecule has 1 N–H and O–H groups in total. The summed E-state index contributed by atoms with van der Waals surface area (Å²) in [7, 11) is 0. The maximum absolute atomic E-state index is 12.9. The van der Waals surface area contributed by atoms with Crippen molar-refractivity contribution in [3.05, 3.63) is 58.6 Å². The van der Waals surface area contributed by atoms with Crippen LogP contribution in [-0.4, -0.2) is 35.5 Å². The lowest BCUT2D eigenvalue weighted by Crippen LogP contribution is -2.33. The van der Waals surface area contributed by atoms with Crippen molar-refractivity contribution in [1.82, 2.24) is 24.4 Å². The summed E-state index contributed by atoms with van der Waals surface area (Å²) in [5.41, 5.74) is 3.21. The van der Waals surface area contributed by atoms with E-state index >= 15 is 0 Å². The Labute approximate surface area is 160 Å². The largest absolute Gasteiger partial charge is 0.480 e. The van der Waals surface area contributed by atoms with Crippen LogP contribution < -0.4 is 5.56 Å². The molecule has 4 aromatic rings. The van der Waals surface area contributed by atoms with Gasteiger partial charge in [-0.2, -0.15) is 5.10 Å². The second kappa shape index (κ2) is 6.56. The smallest absolute Gasteiger partial charge is 0.327 e. The number of fused-ring (bicyclic) bond motifs is 3. The predicted octanol–water partition coefficient (Wildman–Crippen LogP) is 2.70. The zero-order chi connectivity index (χ0) is 20.0. The third kappa shape index (κ3) is 2.65. The molecule has 0 aliphatic heterocycles. The summed E-state index contributed by atoms with van der Waals surface area (Å²) in [5, 5.41) is 22.5. The molecule has 8 nitrogen and oxygen atoms in total. The van der Waals surface area contributed by atoms with Crippen molar-refractivity contribution in [2.24, 2.45) is 5.92 Å². The van der Waals surface area contributed by atoms with Gasteiger partial charge in [0.25, 0.3) is 5.56 Å². The first kappa shape index (κ1) is 17.8. The van der Waals surface area contributed by atoms with E-state index in [1.807, 2.05) is 37.3 Å². The van der Waals surface area contributed by atoms with Gasteiger partial charge >= 0.3 is 5.97 Å². The van der Waals surface area contributed by atoms with Gasteiger partial charge in [-0.15, -0.1) is 10.2 Å². The average molecular weight is 377 g/mol. The minimum atomic E-state index is -1.06. The lowest BCUT2D eigenvalue weighted by molar-refractivity contribution is -0.142. The Bertz CT molecular complexity index is 1260. The first-order valence-electron chi connectivity index (χ1n) is 8.95. The summed E-state index contributed by atoms with van der Waals surface area (Å²) in [4.78, 5) is 24.6. The molecule has 0 fully saturated rings. The Balaban J connectivity index is 1.99. The fraction of sp³-hybridized carbons (Fsp3) is 0.250. The van der Waals surface area contributed by atoms with Gasteiger partial charge in [0.05, 0.1) is 11.3 Å². The van der Waals surface area contributed by atoms with Crippen molar-refractivity contribution in [3.63, 3.8) is 0 Å². The van der Waals surface area contributed by atoms with Gasteiger partial charge in [-0.3, -0.25) is 9.36 Å². The normalized spacial score (nSPS) is 12.7. The van der Waals surface area contributed by atoms with Crippen LogP contribution >= 0.6 is 0 Å². The first-order chi connectivity index (χ1) is 13.4. The molecule has 0 aliphatic carbocycles. The zero-order valence-electron chi connectivity index (χ0n) is 15.7.